The maximum atomic E-state index is 13.8. The Hall–Kier alpha value is -2.93. The normalized spacial score (nSPS) is 10.6. The number of rotatable bonds is 7. The van der Waals surface area contributed by atoms with E-state index in [-0.39, 0.29) is 5.69 Å². The average molecular weight is 391 g/mol. The summed E-state index contributed by atoms with van der Waals surface area (Å²) >= 11 is 6.00. The standard InChI is InChI=1S/C19H20ClFN4O2/c1-2-3-10-22-18(26)19(27)25-23-12-13-11-14(20)8-9-16(13)24-17-7-5-4-6-15(17)21/h4-9,11-12,24H,2-3,10H2,1H3,(H,22,26)(H,25,27)/b23-12-. The highest BCUT2D eigenvalue weighted by molar-refractivity contribution is 6.35. The second kappa shape index (κ2) is 10.3. The summed E-state index contributed by atoms with van der Waals surface area (Å²) in [5.41, 5.74) is 3.49. The minimum absolute atomic E-state index is 0.286. The van der Waals surface area contributed by atoms with Crippen molar-refractivity contribution in [3.05, 3.63) is 58.9 Å². The highest BCUT2D eigenvalue weighted by Gasteiger charge is 2.11. The molecule has 0 saturated heterocycles. The number of para-hydroxylation sites is 1. The molecule has 0 saturated carbocycles. The monoisotopic (exact) mass is 390 g/mol. The molecule has 2 rings (SSSR count). The molecule has 2 aromatic rings. The Kier molecular flexibility index (Phi) is 7.76. The van der Waals surface area contributed by atoms with Gasteiger partial charge in [0, 0.05) is 22.8 Å². The first-order valence-electron chi connectivity index (χ1n) is 8.43. The van der Waals surface area contributed by atoms with Gasteiger partial charge < -0.3 is 10.6 Å². The summed E-state index contributed by atoms with van der Waals surface area (Å²) < 4.78 is 13.8. The number of hydrogen-bond acceptors (Lipinski definition) is 4. The summed E-state index contributed by atoms with van der Waals surface area (Å²) in [5.74, 6) is -2.03. The molecule has 0 heterocycles. The van der Waals surface area contributed by atoms with Crippen molar-refractivity contribution in [3.8, 4) is 0 Å². The molecule has 27 heavy (non-hydrogen) atoms. The maximum Gasteiger partial charge on any atom is 0.329 e. The van der Waals surface area contributed by atoms with Crippen LogP contribution in [0.2, 0.25) is 5.02 Å². The van der Waals surface area contributed by atoms with Gasteiger partial charge in [-0.3, -0.25) is 9.59 Å². The van der Waals surface area contributed by atoms with Gasteiger partial charge in [-0.15, -0.1) is 0 Å². The van der Waals surface area contributed by atoms with E-state index in [1.54, 1.807) is 36.4 Å². The number of hydrazone groups is 1. The summed E-state index contributed by atoms with van der Waals surface area (Å²) in [6, 6.07) is 11.1. The molecule has 0 fully saturated rings. The number of anilines is 2. The highest BCUT2D eigenvalue weighted by atomic mass is 35.5. The largest absolute Gasteiger partial charge is 0.353 e. The minimum Gasteiger partial charge on any atom is -0.353 e. The summed E-state index contributed by atoms with van der Waals surface area (Å²) in [4.78, 5) is 23.3. The van der Waals surface area contributed by atoms with Gasteiger partial charge in [-0.25, -0.2) is 9.82 Å². The molecule has 0 aliphatic heterocycles. The molecule has 0 spiro atoms. The number of nitrogens with one attached hydrogen (secondary N) is 3. The fraction of sp³-hybridized carbons (Fsp3) is 0.211. The van der Waals surface area contributed by atoms with Crippen LogP contribution in [0.5, 0.6) is 0 Å². The molecule has 0 unspecified atom stereocenters. The Labute approximate surface area is 161 Å². The Morgan fingerprint density at radius 2 is 1.93 bits per heavy atom. The van der Waals surface area contributed by atoms with E-state index in [2.05, 4.69) is 21.2 Å². The second-order valence-corrected chi connectivity index (χ2v) is 6.08. The third-order valence-electron chi connectivity index (χ3n) is 3.55. The molecule has 0 aliphatic carbocycles. The number of carbonyl (C=O) groups excluding carboxylic acids is 2. The fourth-order valence-electron chi connectivity index (χ4n) is 2.13. The number of carbonyl (C=O) groups is 2. The van der Waals surface area contributed by atoms with Crippen molar-refractivity contribution in [1.82, 2.24) is 10.7 Å². The molecule has 0 atom stereocenters. The van der Waals surface area contributed by atoms with Crippen molar-refractivity contribution < 1.29 is 14.0 Å². The van der Waals surface area contributed by atoms with Crippen molar-refractivity contribution in [2.45, 2.75) is 19.8 Å². The predicted octanol–water partition coefficient (Wildman–Crippen LogP) is 3.59. The van der Waals surface area contributed by atoms with E-state index >= 15 is 0 Å². The lowest BCUT2D eigenvalue weighted by Crippen LogP contribution is -2.38. The first kappa shape index (κ1) is 20.4. The topological polar surface area (TPSA) is 82.6 Å². The molecular weight excluding hydrogens is 371 g/mol. The van der Waals surface area contributed by atoms with E-state index < -0.39 is 17.6 Å². The van der Waals surface area contributed by atoms with Gasteiger partial charge in [0.15, 0.2) is 0 Å². The zero-order valence-electron chi connectivity index (χ0n) is 14.8. The van der Waals surface area contributed by atoms with Gasteiger partial charge in [0.25, 0.3) is 0 Å². The number of nitrogens with zero attached hydrogens (tertiary/aromatic N) is 1. The molecular formula is C19H20ClFN4O2. The molecule has 6 nitrogen and oxygen atoms in total. The van der Waals surface area contributed by atoms with E-state index in [1.165, 1.54) is 12.3 Å². The predicted molar refractivity (Wildman–Crippen MR) is 105 cm³/mol. The van der Waals surface area contributed by atoms with E-state index in [0.717, 1.165) is 12.8 Å². The van der Waals surface area contributed by atoms with E-state index in [9.17, 15) is 14.0 Å². The third kappa shape index (κ3) is 6.38. The van der Waals surface area contributed by atoms with Crippen LogP contribution < -0.4 is 16.1 Å². The summed E-state index contributed by atoms with van der Waals surface area (Å²) in [7, 11) is 0. The fourth-order valence-corrected chi connectivity index (χ4v) is 2.31. The first-order valence-corrected chi connectivity index (χ1v) is 8.81. The molecule has 0 aromatic heterocycles. The van der Waals surface area contributed by atoms with Crippen molar-refractivity contribution in [2.24, 2.45) is 5.10 Å². The number of benzene rings is 2. The van der Waals surface area contributed by atoms with Crippen molar-refractivity contribution >= 4 is 41.0 Å². The van der Waals surface area contributed by atoms with Crippen LogP contribution in [0.1, 0.15) is 25.3 Å². The molecule has 0 aliphatic rings. The molecule has 0 radical (unpaired) electrons. The number of unbranched alkanes of at least 4 members (excludes halogenated alkanes) is 1. The summed E-state index contributed by atoms with van der Waals surface area (Å²) in [6.07, 6.45) is 3.02. The van der Waals surface area contributed by atoms with Crippen molar-refractivity contribution in [2.75, 3.05) is 11.9 Å². The van der Waals surface area contributed by atoms with Gasteiger partial charge in [-0.2, -0.15) is 5.10 Å². The van der Waals surface area contributed by atoms with Crippen molar-refractivity contribution in [1.29, 1.82) is 0 Å². The quantitative estimate of drug-likeness (QED) is 0.292. The van der Waals surface area contributed by atoms with Crippen LogP contribution in [0.4, 0.5) is 15.8 Å². The maximum absolute atomic E-state index is 13.8. The van der Waals surface area contributed by atoms with Crippen LogP contribution in [0.15, 0.2) is 47.6 Å². The molecule has 3 N–H and O–H groups in total. The van der Waals surface area contributed by atoms with Crippen LogP contribution in [0.3, 0.4) is 0 Å². The molecule has 2 aromatic carbocycles. The van der Waals surface area contributed by atoms with Crippen LogP contribution in [0, 0.1) is 5.82 Å². The smallest absolute Gasteiger partial charge is 0.329 e. The van der Waals surface area contributed by atoms with Crippen LogP contribution in [-0.2, 0) is 9.59 Å². The lowest BCUT2D eigenvalue weighted by atomic mass is 10.2. The van der Waals surface area contributed by atoms with E-state index in [4.69, 9.17) is 11.6 Å². The van der Waals surface area contributed by atoms with Crippen LogP contribution in [-0.4, -0.2) is 24.6 Å². The van der Waals surface area contributed by atoms with Gasteiger partial charge in [0.1, 0.15) is 5.82 Å². The number of amides is 2. The molecule has 0 bridgehead atoms. The van der Waals surface area contributed by atoms with Crippen LogP contribution in [0.25, 0.3) is 0 Å². The first-order chi connectivity index (χ1) is 13.0. The Morgan fingerprint density at radius 3 is 2.67 bits per heavy atom. The van der Waals surface area contributed by atoms with Gasteiger partial charge in [0.05, 0.1) is 11.9 Å². The van der Waals surface area contributed by atoms with E-state index in [1.807, 2.05) is 6.92 Å². The van der Waals surface area contributed by atoms with Gasteiger partial charge >= 0.3 is 11.8 Å². The Bertz CT molecular complexity index is 842. The Morgan fingerprint density at radius 1 is 1.15 bits per heavy atom. The zero-order valence-corrected chi connectivity index (χ0v) is 15.5. The van der Waals surface area contributed by atoms with Gasteiger partial charge in [0.2, 0.25) is 0 Å². The Balaban J connectivity index is 2.06. The lowest BCUT2D eigenvalue weighted by Gasteiger charge is -2.10. The summed E-state index contributed by atoms with van der Waals surface area (Å²) in [5, 5.41) is 9.66. The molecule has 142 valence electrons. The van der Waals surface area contributed by atoms with Crippen molar-refractivity contribution in [3.63, 3.8) is 0 Å². The molecule has 2 amide bonds. The zero-order chi connectivity index (χ0) is 19.6. The van der Waals surface area contributed by atoms with Crippen LogP contribution >= 0.6 is 11.6 Å². The molecule has 8 heteroatoms. The van der Waals surface area contributed by atoms with Gasteiger partial charge in [-0.05, 0) is 36.8 Å². The summed E-state index contributed by atoms with van der Waals surface area (Å²) in [6.45, 7) is 2.41. The highest BCUT2D eigenvalue weighted by Crippen LogP contribution is 2.24. The average Bonchev–Trinajstić information content (AvgIpc) is 2.65. The minimum atomic E-state index is -0.868. The van der Waals surface area contributed by atoms with E-state index in [0.29, 0.717) is 22.8 Å². The number of hydrogen-bond donors (Lipinski definition) is 3. The second-order valence-electron chi connectivity index (χ2n) is 5.64. The third-order valence-corrected chi connectivity index (χ3v) is 3.78. The lowest BCUT2D eigenvalue weighted by molar-refractivity contribution is -0.139. The number of halogens is 2. The SMILES string of the molecule is CCCCNC(=O)C(=O)N/N=C\c1cc(Cl)ccc1Nc1ccccc1F. The van der Waals surface area contributed by atoms with Gasteiger partial charge in [-0.1, -0.05) is 37.1 Å².